The molecule has 0 bridgehead atoms. The summed E-state index contributed by atoms with van der Waals surface area (Å²) < 4.78 is 33.2. The lowest BCUT2D eigenvalue weighted by Crippen LogP contribution is -2.28. The van der Waals surface area contributed by atoms with Gasteiger partial charge in [-0.15, -0.1) is 6.58 Å². The molecule has 1 unspecified atom stereocenters. The molecular weight excluding hydrogens is 314 g/mol. The second-order valence-corrected chi connectivity index (χ2v) is 7.00. The predicted octanol–water partition coefficient (Wildman–Crippen LogP) is 2.36. The molecule has 0 saturated heterocycles. The smallest absolute Gasteiger partial charge is 0.215 e. The van der Waals surface area contributed by atoms with Crippen LogP contribution in [0, 0.1) is 6.92 Å². The standard InChI is InChI=1S/C16H21N3O3S/c1-5-10-23(20,21)18-12(2)16-11-17-19(13(16)3)14-6-8-15(22-4)9-7-14/h5-9,11-12,18H,1,10H2,2-4H3. The fourth-order valence-electron chi connectivity index (χ4n) is 2.37. The van der Waals surface area contributed by atoms with Gasteiger partial charge in [0.1, 0.15) is 5.75 Å². The molecule has 0 amide bonds. The maximum Gasteiger partial charge on any atom is 0.215 e. The third-order valence-electron chi connectivity index (χ3n) is 3.52. The summed E-state index contributed by atoms with van der Waals surface area (Å²) in [5.74, 6) is 0.660. The Morgan fingerprint density at radius 2 is 2.04 bits per heavy atom. The van der Waals surface area contributed by atoms with Gasteiger partial charge in [0.2, 0.25) is 10.0 Å². The molecule has 0 aliphatic carbocycles. The Hall–Kier alpha value is -2.12. The SMILES string of the molecule is C=CCS(=O)(=O)NC(C)c1cnn(-c2ccc(OC)cc2)c1C. The first-order valence-corrected chi connectivity index (χ1v) is 8.83. The molecule has 0 aliphatic rings. The maximum absolute atomic E-state index is 11.8. The molecule has 0 saturated carbocycles. The fraction of sp³-hybridized carbons (Fsp3) is 0.312. The molecule has 0 aliphatic heterocycles. The minimum Gasteiger partial charge on any atom is -0.497 e. The summed E-state index contributed by atoms with van der Waals surface area (Å²) in [6.45, 7) is 7.16. The Balaban J connectivity index is 2.26. The molecule has 2 rings (SSSR count). The highest BCUT2D eigenvalue weighted by Gasteiger charge is 2.19. The largest absolute Gasteiger partial charge is 0.497 e. The van der Waals surface area contributed by atoms with Crippen molar-refractivity contribution in [2.24, 2.45) is 0 Å². The summed E-state index contributed by atoms with van der Waals surface area (Å²) >= 11 is 0. The Morgan fingerprint density at radius 3 is 2.61 bits per heavy atom. The normalized spacial score (nSPS) is 12.8. The van der Waals surface area contributed by atoms with Crippen LogP contribution in [-0.4, -0.2) is 31.1 Å². The van der Waals surface area contributed by atoms with Crippen LogP contribution in [0.2, 0.25) is 0 Å². The highest BCUT2D eigenvalue weighted by Crippen LogP contribution is 2.22. The van der Waals surface area contributed by atoms with Gasteiger partial charge in [0.15, 0.2) is 0 Å². The van der Waals surface area contributed by atoms with E-state index in [4.69, 9.17) is 4.74 Å². The molecule has 7 heteroatoms. The van der Waals surface area contributed by atoms with Gasteiger partial charge in [-0.1, -0.05) is 6.08 Å². The first-order chi connectivity index (χ1) is 10.9. The quantitative estimate of drug-likeness (QED) is 0.788. The van der Waals surface area contributed by atoms with Crippen molar-refractivity contribution in [3.8, 4) is 11.4 Å². The number of benzene rings is 1. The monoisotopic (exact) mass is 335 g/mol. The van der Waals surface area contributed by atoms with Crippen LogP contribution in [0.5, 0.6) is 5.75 Å². The van der Waals surface area contributed by atoms with E-state index in [9.17, 15) is 8.42 Å². The van der Waals surface area contributed by atoms with E-state index in [1.54, 1.807) is 24.9 Å². The van der Waals surface area contributed by atoms with Crippen LogP contribution < -0.4 is 9.46 Å². The molecule has 2 aromatic rings. The summed E-state index contributed by atoms with van der Waals surface area (Å²) in [5.41, 5.74) is 2.59. The Morgan fingerprint density at radius 1 is 1.39 bits per heavy atom. The van der Waals surface area contributed by atoms with Crippen molar-refractivity contribution in [3.63, 3.8) is 0 Å². The van der Waals surface area contributed by atoms with Crippen LogP contribution in [0.25, 0.3) is 5.69 Å². The van der Waals surface area contributed by atoms with E-state index in [1.807, 2.05) is 31.2 Å². The van der Waals surface area contributed by atoms with Gasteiger partial charge in [-0.05, 0) is 38.1 Å². The van der Waals surface area contributed by atoms with E-state index >= 15 is 0 Å². The van der Waals surface area contributed by atoms with Crippen LogP contribution in [0.15, 0.2) is 43.1 Å². The van der Waals surface area contributed by atoms with E-state index in [1.165, 1.54) is 6.08 Å². The summed E-state index contributed by atoms with van der Waals surface area (Å²) in [6.07, 6.45) is 3.04. The fourth-order valence-corrected chi connectivity index (χ4v) is 3.44. The van der Waals surface area contributed by atoms with Gasteiger partial charge in [0.25, 0.3) is 0 Å². The number of sulfonamides is 1. The summed E-state index contributed by atoms with van der Waals surface area (Å²) in [7, 11) is -1.77. The third kappa shape index (κ3) is 4.00. The lowest BCUT2D eigenvalue weighted by Gasteiger charge is -2.13. The number of hydrogen-bond donors (Lipinski definition) is 1. The number of rotatable bonds is 7. The van der Waals surface area contributed by atoms with Gasteiger partial charge in [0, 0.05) is 17.3 Å². The summed E-state index contributed by atoms with van der Waals surface area (Å²) in [4.78, 5) is 0. The zero-order valence-corrected chi connectivity index (χ0v) is 14.3. The molecule has 1 aromatic carbocycles. The summed E-state index contributed by atoms with van der Waals surface area (Å²) in [6, 6.07) is 7.13. The van der Waals surface area contributed by atoms with Crippen LogP contribution in [0.4, 0.5) is 0 Å². The van der Waals surface area contributed by atoms with E-state index in [-0.39, 0.29) is 11.8 Å². The van der Waals surface area contributed by atoms with E-state index in [0.29, 0.717) is 0 Å². The zero-order chi connectivity index (χ0) is 17.0. The molecule has 23 heavy (non-hydrogen) atoms. The van der Waals surface area contributed by atoms with Crippen molar-refractivity contribution in [1.82, 2.24) is 14.5 Å². The molecule has 1 heterocycles. The minimum absolute atomic E-state index is 0.108. The van der Waals surface area contributed by atoms with E-state index in [0.717, 1.165) is 22.7 Å². The zero-order valence-electron chi connectivity index (χ0n) is 13.5. The van der Waals surface area contributed by atoms with Crippen LogP contribution in [-0.2, 0) is 10.0 Å². The highest BCUT2D eigenvalue weighted by molar-refractivity contribution is 7.89. The third-order valence-corrected chi connectivity index (χ3v) is 4.91. The average molecular weight is 335 g/mol. The van der Waals surface area contributed by atoms with Crippen molar-refractivity contribution in [2.75, 3.05) is 12.9 Å². The van der Waals surface area contributed by atoms with E-state index < -0.39 is 10.0 Å². The molecule has 124 valence electrons. The van der Waals surface area contributed by atoms with Gasteiger partial charge >= 0.3 is 0 Å². The Kier molecular flexibility index (Phi) is 5.23. The molecule has 0 fully saturated rings. The average Bonchev–Trinajstić information content (AvgIpc) is 2.88. The minimum atomic E-state index is -3.38. The first kappa shape index (κ1) is 17.2. The molecule has 1 atom stereocenters. The number of nitrogens with zero attached hydrogens (tertiary/aromatic N) is 2. The lowest BCUT2D eigenvalue weighted by molar-refractivity contribution is 0.414. The number of methoxy groups -OCH3 is 1. The Bertz CT molecular complexity index is 779. The number of ether oxygens (including phenoxy) is 1. The second-order valence-electron chi connectivity index (χ2n) is 5.20. The molecule has 1 aromatic heterocycles. The number of nitrogens with one attached hydrogen (secondary N) is 1. The molecular formula is C16H21N3O3S. The van der Waals surface area contributed by atoms with Crippen LogP contribution in [0.1, 0.15) is 24.2 Å². The van der Waals surface area contributed by atoms with Crippen LogP contribution >= 0.6 is 0 Å². The number of hydrogen-bond acceptors (Lipinski definition) is 4. The van der Waals surface area contributed by atoms with Crippen molar-refractivity contribution in [1.29, 1.82) is 0 Å². The topological polar surface area (TPSA) is 73.2 Å². The summed E-state index contributed by atoms with van der Waals surface area (Å²) in [5, 5.41) is 4.36. The van der Waals surface area contributed by atoms with Gasteiger partial charge in [-0.2, -0.15) is 5.10 Å². The van der Waals surface area contributed by atoms with Crippen molar-refractivity contribution < 1.29 is 13.2 Å². The van der Waals surface area contributed by atoms with Crippen molar-refractivity contribution in [3.05, 3.63) is 54.4 Å². The van der Waals surface area contributed by atoms with Gasteiger partial charge in [0.05, 0.1) is 24.7 Å². The highest BCUT2D eigenvalue weighted by atomic mass is 32.2. The number of aromatic nitrogens is 2. The van der Waals surface area contributed by atoms with Gasteiger partial charge in [-0.25, -0.2) is 17.8 Å². The van der Waals surface area contributed by atoms with E-state index in [2.05, 4.69) is 16.4 Å². The van der Waals surface area contributed by atoms with Crippen molar-refractivity contribution in [2.45, 2.75) is 19.9 Å². The lowest BCUT2D eigenvalue weighted by atomic mass is 10.1. The molecule has 0 radical (unpaired) electrons. The molecule has 6 nitrogen and oxygen atoms in total. The molecule has 1 N–H and O–H groups in total. The van der Waals surface area contributed by atoms with Crippen molar-refractivity contribution >= 4 is 10.0 Å². The first-order valence-electron chi connectivity index (χ1n) is 7.18. The second kappa shape index (κ2) is 6.97. The Labute approximate surface area is 136 Å². The van der Waals surface area contributed by atoms with Gasteiger partial charge < -0.3 is 4.74 Å². The van der Waals surface area contributed by atoms with Crippen LogP contribution in [0.3, 0.4) is 0 Å². The molecule has 0 spiro atoms. The van der Waals surface area contributed by atoms with Gasteiger partial charge in [-0.3, -0.25) is 0 Å². The maximum atomic E-state index is 11.8. The predicted molar refractivity (Wildman–Crippen MR) is 90.4 cm³/mol.